The smallest absolute Gasteiger partial charge is 0.308 e. The Morgan fingerprint density at radius 2 is 1.85 bits per heavy atom. The highest BCUT2D eigenvalue weighted by molar-refractivity contribution is 7.89. The van der Waals surface area contributed by atoms with Crippen LogP contribution in [0.5, 0.6) is 0 Å². The molecule has 0 aromatic rings. The molecule has 0 aliphatic heterocycles. The van der Waals surface area contributed by atoms with Crippen molar-refractivity contribution in [1.82, 2.24) is 10.0 Å². The number of ether oxygens (including phenoxy) is 1. The summed E-state index contributed by atoms with van der Waals surface area (Å²) in [5.74, 6) is -2.57. The zero-order chi connectivity index (χ0) is 15.8. The van der Waals surface area contributed by atoms with Crippen LogP contribution in [0.2, 0.25) is 0 Å². The summed E-state index contributed by atoms with van der Waals surface area (Å²) in [6.45, 7) is 4.59. The van der Waals surface area contributed by atoms with Gasteiger partial charge in [-0.3, -0.25) is 9.59 Å². The van der Waals surface area contributed by atoms with Gasteiger partial charge in [0.25, 0.3) is 0 Å². The molecule has 118 valence electrons. The van der Waals surface area contributed by atoms with Gasteiger partial charge >= 0.3 is 5.97 Å². The fourth-order valence-electron chi connectivity index (χ4n) is 1.06. The molecular formula is C11H22N2O6S. The minimum absolute atomic E-state index is 0.0463. The first-order valence-corrected chi connectivity index (χ1v) is 7.87. The van der Waals surface area contributed by atoms with Gasteiger partial charge in [0.2, 0.25) is 15.9 Å². The minimum Gasteiger partial charge on any atom is -0.481 e. The number of carbonyl (C=O) groups excluding carboxylic acids is 1. The summed E-state index contributed by atoms with van der Waals surface area (Å²) in [7, 11) is -3.58. The van der Waals surface area contributed by atoms with Crippen LogP contribution in [0.3, 0.4) is 0 Å². The molecule has 0 aliphatic carbocycles. The molecular weight excluding hydrogens is 288 g/mol. The SMILES string of the molecule is CC(C)OCCS(=O)(=O)NCC(=O)NCC(C)C(=O)O. The Morgan fingerprint density at radius 3 is 2.35 bits per heavy atom. The van der Waals surface area contributed by atoms with Crippen LogP contribution in [0.25, 0.3) is 0 Å². The molecule has 0 aliphatic rings. The van der Waals surface area contributed by atoms with E-state index in [1.54, 1.807) is 13.8 Å². The van der Waals surface area contributed by atoms with Crippen molar-refractivity contribution in [1.29, 1.82) is 0 Å². The first-order valence-electron chi connectivity index (χ1n) is 6.22. The second-order valence-corrected chi connectivity index (χ2v) is 6.53. The van der Waals surface area contributed by atoms with Crippen molar-refractivity contribution < 1.29 is 27.9 Å². The summed E-state index contributed by atoms with van der Waals surface area (Å²) in [5.41, 5.74) is 0. The van der Waals surface area contributed by atoms with Gasteiger partial charge in [-0.2, -0.15) is 0 Å². The zero-order valence-corrected chi connectivity index (χ0v) is 12.7. The Morgan fingerprint density at radius 1 is 1.25 bits per heavy atom. The largest absolute Gasteiger partial charge is 0.481 e. The van der Waals surface area contributed by atoms with Crippen LogP contribution in [0.15, 0.2) is 0 Å². The molecule has 20 heavy (non-hydrogen) atoms. The molecule has 0 spiro atoms. The molecule has 9 heteroatoms. The number of rotatable bonds is 10. The molecule has 0 bridgehead atoms. The number of amides is 1. The summed E-state index contributed by atoms with van der Waals surface area (Å²) >= 11 is 0. The van der Waals surface area contributed by atoms with E-state index in [0.29, 0.717) is 0 Å². The van der Waals surface area contributed by atoms with E-state index in [-0.39, 0.29) is 25.0 Å². The monoisotopic (exact) mass is 310 g/mol. The number of aliphatic carboxylic acids is 1. The van der Waals surface area contributed by atoms with E-state index >= 15 is 0 Å². The van der Waals surface area contributed by atoms with Gasteiger partial charge in [0.15, 0.2) is 0 Å². The molecule has 0 radical (unpaired) electrons. The topological polar surface area (TPSA) is 122 Å². The molecule has 3 N–H and O–H groups in total. The van der Waals surface area contributed by atoms with Crippen molar-refractivity contribution in [3.63, 3.8) is 0 Å². The maximum Gasteiger partial charge on any atom is 0.308 e. The Kier molecular flexibility index (Phi) is 8.35. The van der Waals surface area contributed by atoms with Gasteiger partial charge in [-0.05, 0) is 13.8 Å². The maximum absolute atomic E-state index is 11.5. The van der Waals surface area contributed by atoms with Crippen molar-refractivity contribution in [2.24, 2.45) is 5.92 Å². The minimum atomic E-state index is -3.58. The van der Waals surface area contributed by atoms with E-state index in [4.69, 9.17) is 9.84 Å². The molecule has 0 rings (SSSR count). The fraction of sp³-hybridized carbons (Fsp3) is 0.818. The standard InChI is InChI=1S/C11H22N2O6S/c1-8(2)19-4-5-20(17,18)13-7-10(14)12-6-9(3)11(15)16/h8-9,13H,4-7H2,1-3H3,(H,12,14)(H,15,16). The van der Waals surface area contributed by atoms with Crippen molar-refractivity contribution in [3.8, 4) is 0 Å². The Balaban J connectivity index is 3.95. The number of carboxylic acids is 1. The van der Waals surface area contributed by atoms with Crippen LogP contribution >= 0.6 is 0 Å². The van der Waals surface area contributed by atoms with E-state index in [2.05, 4.69) is 10.0 Å². The molecule has 1 amide bonds. The predicted molar refractivity (Wildman–Crippen MR) is 72.7 cm³/mol. The molecule has 1 unspecified atom stereocenters. The van der Waals surface area contributed by atoms with E-state index in [9.17, 15) is 18.0 Å². The summed E-state index contributed by atoms with van der Waals surface area (Å²) in [5, 5.41) is 11.0. The maximum atomic E-state index is 11.5. The molecule has 8 nitrogen and oxygen atoms in total. The first kappa shape index (κ1) is 18.8. The molecule has 0 aromatic heterocycles. The third-order valence-electron chi connectivity index (χ3n) is 2.28. The Hall–Kier alpha value is -1.19. The van der Waals surface area contributed by atoms with Crippen molar-refractivity contribution in [2.45, 2.75) is 26.9 Å². The summed E-state index contributed by atoms with van der Waals surface area (Å²) in [4.78, 5) is 21.9. The van der Waals surface area contributed by atoms with Gasteiger partial charge in [-0.25, -0.2) is 13.1 Å². The molecule has 1 atom stereocenters. The van der Waals surface area contributed by atoms with Gasteiger partial charge in [0, 0.05) is 6.54 Å². The van der Waals surface area contributed by atoms with E-state index in [0.717, 1.165) is 0 Å². The number of hydrogen-bond acceptors (Lipinski definition) is 5. The number of carbonyl (C=O) groups is 2. The van der Waals surface area contributed by atoms with Gasteiger partial charge in [-0.15, -0.1) is 0 Å². The lowest BCUT2D eigenvalue weighted by Gasteiger charge is -2.10. The molecule has 0 heterocycles. The number of nitrogens with one attached hydrogen (secondary N) is 2. The number of sulfonamides is 1. The molecule has 0 aromatic carbocycles. The van der Waals surface area contributed by atoms with Crippen LogP contribution in [0.1, 0.15) is 20.8 Å². The van der Waals surface area contributed by atoms with Crippen LogP contribution < -0.4 is 10.0 Å². The first-order chi connectivity index (χ1) is 9.14. The van der Waals surface area contributed by atoms with E-state index < -0.39 is 34.4 Å². The van der Waals surface area contributed by atoms with Gasteiger partial charge in [0.1, 0.15) is 0 Å². The number of carboxylic acid groups (broad SMARTS) is 1. The van der Waals surface area contributed by atoms with Gasteiger partial charge in [0.05, 0.1) is 30.9 Å². The van der Waals surface area contributed by atoms with Gasteiger partial charge in [-0.1, -0.05) is 6.92 Å². The highest BCUT2D eigenvalue weighted by Crippen LogP contribution is 1.92. The predicted octanol–water partition coefficient (Wildman–Crippen LogP) is -0.832. The third-order valence-corrected chi connectivity index (χ3v) is 3.57. The normalized spacial score (nSPS) is 13.2. The fourth-order valence-corrected chi connectivity index (χ4v) is 1.87. The molecule has 0 fully saturated rings. The lowest BCUT2D eigenvalue weighted by atomic mass is 10.2. The van der Waals surface area contributed by atoms with Crippen molar-refractivity contribution in [2.75, 3.05) is 25.4 Å². The molecule has 0 saturated heterocycles. The second-order valence-electron chi connectivity index (χ2n) is 4.60. The lowest BCUT2D eigenvalue weighted by Crippen LogP contribution is -2.40. The van der Waals surface area contributed by atoms with Crippen LogP contribution in [-0.2, 0) is 24.3 Å². The van der Waals surface area contributed by atoms with E-state index in [1.165, 1.54) is 6.92 Å². The highest BCUT2D eigenvalue weighted by atomic mass is 32.2. The highest BCUT2D eigenvalue weighted by Gasteiger charge is 2.15. The average Bonchev–Trinajstić information content (AvgIpc) is 2.32. The average molecular weight is 310 g/mol. The number of hydrogen-bond donors (Lipinski definition) is 3. The Labute approximate surface area is 118 Å². The van der Waals surface area contributed by atoms with Crippen LogP contribution in [0.4, 0.5) is 0 Å². The summed E-state index contributed by atoms with van der Waals surface area (Å²) in [6, 6.07) is 0. The zero-order valence-electron chi connectivity index (χ0n) is 11.9. The third kappa shape index (κ3) is 9.70. The summed E-state index contributed by atoms with van der Waals surface area (Å²) in [6.07, 6.45) is -0.0639. The second kappa shape index (κ2) is 8.88. The lowest BCUT2D eigenvalue weighted by molar-refractivity contribution is -0.141. The van der Waals surface area contributed by atoms with Crippen molar-refractivity contribution >= 4 is 21.9 Å². The molecule has 0 saturated carbocycles. The van der Waals surface area contributed by atoms with Crippen molar-refractivity contribution in [3.05, 3.63) is 0 Å². The Bertz CT molecular complexity index is 421. The van der Waals surface area contributed by atoms with Crippen LogP contribution in [0, 0.1) is 5.92 Å². The van der Waals surface area contributed by atoms with Gasteiger partial charge < -0.3 is 15.2 Å². The van der Waals surface area contributed by atoms with Crippen LogP contribution in [-0.4, -0.2) is 57.0 Å². The summed E-state index contributed by atoms with van der Waals surface area (Å²) < 4.78 is 30.2. The quantitative estimate of drug-likeness (QED) is 0.484. The van der Waals surface area contributed by atoms with E-state index in [1.807, 2.05) is 0 Å².